The molecule has 1 N–H and O–H groups in total. The number of methoxy groups -OCH3 is 1. The summed E-state index contributed by atoms with van der Waals surface area (Å²) in [6.07, 6.45) is 0. The molecule has 0 aliphatic rings. The van der Waals surface area contributed by atoms with Crippen molar-refractivity contribution in [1.29, 1.82) is 0 Å². The van der Waals surface area contributed by atoms with Crippen LogP contribution in [0.25, 0.3) is 21.7 Å². The zero-order chi connectivity index (χ0) is 23.0. The highest BCUT2D eigenvalue weighted by molar-refractivity contribution is 7.13. The molecule has 0 aliphatic heterocycles. The summed E-state index contributed by atoms with van der Waals surface area (Å²) in [7, 11) is 1.27. The molecule has 0 atom stereocenters. The third-order valence-corrected chi connectivity index (χ3v) is 5.94. The van der Waals surface area contributed by atoms with Crippen LogP contribution in [0.5, 0.6) is 0 Å². The minimum atomic E-state index is -0.705. The van der Waals surface area contributed by atoms with Crippen molar-refractivity contribution in [3.05, 3.63) is 57.4 Å². The van der Waals surface area contributed by atoms with Crippen LogP contribution in [0.4, 0.5) is 0 Å². The monoisotopic (exact) mass is 453 g/mol. The van der Waals surface area contributed by atoms with Crippen LogP contribution < -0.4 is 0 Å². The van der Waals surface area contributed by atoms with Crippen molar-refractivity contribution in [2.45, 2.75) is 20.8 Å². The van der Waals surface area contributed by atoms with Crippen LogP contribution in [0.3, 0.4) is 0 Å². The summed E-state index contributed by atoms with van der Waals surface area (Å²) < 4.78 is 15.3. The number of ketones is 1. The Morgan fingerprint density at radius 3 is 2.66 bits per heavy atom. The van der Waals surface area contributed by atoms with E-state index in [1.54, 1.807) is 26.8 Å². The zero-order valence-corrected chi connectivity index (χ0v) is 18.6. The van der Waals surface area contributed by atoms with E-state index in [0.29, 0.717) is 33.6 Å². The summed E-state index contributed by atoms with van der Waals surface area (Å²) >= 11 is 1.46. The quantitative estimate of drug-likeness (QED) is 0.343. The standard InChI is InChI=1S/C22H19N3O6S/c1-10-17(22(28)29-4)11(2)23-19(10)15(26)9-30-21(27)13-8-14(16-6-5-7-32-16)24-20-18(13)12(3)25-31-20/h5-8,23H,9H2,1-4H3. The van der Waals surface area contributed by atoms with Gasteiger partial charge in [-0.3, -0.25) is 4.79 Å². The maximum atomic E-state index is 12.9. The average Bonchev–Trinajstić information content (AvgIpc) is 3.51. The number of aromatic amines is 1. The summed E-state index contributed by atoms with van der Waals surface area (Å²) in [4.78, 5) is 45.7. The summed E-state index contributed by atoms with van der Waals surface area (Å²) in [5.41, 5.74) is 2.87. The first-order valence-corrected chi connectivity index (χ1v) is 10.5. The van der Waals surface area contributed by atoms with Gasteiger partial charge in [-0.1, -0.05) is 11.2 Å². The Balaban J connectivity index is 1.61. The molecule has 32 heavy (non-hydrogen) atoms. The third kappa shape index (κ3) is 3.69. The predicted molar refractivity (Wildman–Crippen MR) is 116 cm³/mol. The third-order valence-electron chi connectivity index (χ3n) is 5.05. The van der Waals surface area contributed by atoms with Gasteiger partial charge >= 0.3 is 11.9 Å². The molecule has 164 valence electrons. The van der Waals surface area contributed by atoms with E-state index in [1.807, 2.05) is 17.5 Å². The van der Waals surface area contributed by atoms with Crippen LogP contribution in [-0.2, 0) is 9.47 Å². The first-order valence-electron chi connectivity index (χ1n) is 9.60. The largest absolute Gasteiger partial charge is 0.465 e. The van der Waals surface area contributed by atoms with Crippen molar-refractivity contribution in [3.63, 3.8) is 0 Å². The number of carbonyl (C=O) groups is 3. The molecule has 0 saturated heterocycles. The number of fused-ring (bicyclic) bond motifs is 1. The van der Waals surface area contributed by atoms with Gasteiger partial charge in [0.1, 0.15) is 0 Å². The van der Waals surface area contributed by atoms with E-state index in [2.05, 4.69) is 15.1 Å². The Hall–Kier alpha value is -3.79. The van der Waals surface area contributed by atoms with E-state index in [-0.39, 0.29) is 17.0 Å². The fraction of sp³-hybridized carbons (Fsp3) is 0.227. The second-order valence-electron chi connectivity index (χ2n) is 7.10. The number of carbonyl (C=O) groups excluding carboxylic acids is 3. The molecular formula is C22H19N3O6S. The molecular weight excluding hydrogens is 434 g/mol. The van der Waals surface area contributed by atoms with Gasteiger partial charge in [-0.15, -0.1) is 11.3 Å². The van der Waals surface area contributed by atoms with Crippen LogP contribution in [0.2, 0.25) is 0 Å². The summed E-state index contributed by atoms with van der Waals surface area (Å²) in [6.45, 7) is 4.48. The van der Waals surface area contributed by atoms with E-state index in [4.69, 9.17) is 14.0 Å². The van der Waals surface area contributed by atoms with E-state index < -0.39 is 24.3 Å². The normalized spacial score (nSPS) is 11.0. The van der Waals surface area contributed by atoms with Crippen LogP contribution in [0, 0.1) is 20.8 Å². The van der Waals surface area contributed by atoms with Crippen molar-refractivity contribution in [1.82, 2.24) is 15.1 Å². The molecule has 0 radical (unpaired) electrons. The molecule has 4 heterocycles. The van der Waals surface area contributed by atoms with Crippen molar-refractivity contribution in [2.75, 3.05) is 13.7 Å². The number of hydrogen-bond donors (Lipinski definition) is 1. The second kappa shape index (κ2) is 8.39. The first-order chi connectivity index (χ1) is 15.3. The Bertz CT molecular complexity index is 1350. The molecule has 0 amide bonds. The highest BCUT2D eigenvalue weighted by atomic mass is 32.1. The summed E-state index contributed by atoms with van der Waals surface area (Å²) in [6, 6.07) is 5.35. The topological polar surface area (TPSA) is 124 Å². The molecule has 9 nitrogen and oxygen atoms in total. The lowest BCUT2D eigenvalue weighted by atomic mass is 10.1. The van der Waals surface area contributed by atoms with E-state index in [9.17, 15) is 14.4 Å². The molecule has 4 aromatic rings. The van der Waals surface area contributed by atoms with Crippen LogP contribution >= 0.6 is 11.3 Å². The molecule has 4 aromatic heterocycles. The smallest absolute Gasteiger partial charge is 0.339 e. The number of rotatable bonds is 6. The average molecular weight is 453 g/mol. The van der Waals surface area contributed by atoms with E-state index in [0.717, 1.165) is 4.88 Å². The second-order valence-corrected chi connectivity index (χ2v) is 8.04. The molecule has 0 spiro atoms. The fourth-order valence-corrected chi connectivity index (χ4v) is 4.21. The van der Waals surface area contributed by atoms with Gasteiger partial charge in [-0.05, 0) is 43.8 Å². The molecule has 0 aliphatic carbocycles. The van der Waals surface area contributed by atoms with Gasteiger partial charge < -0.3 is 19.0 Å². The highest BCUT2D eigenvalue weighted by Crippen LogP contribution is 2.30. The number of aromatic nitrogens is 3. The number of aryl methyl sites for hydroxylation is 2. The Morgan fingerprint density at radius 1 is 1.19 bits per heavy atom. The minimum absolute atomic E-state index is 0.191. The molecule has 0 saturated carbocycles. The highest BCUT2D eigenvalue weighted by Gasteiger charge is 2.25. The molecule has 0 fully saturated rings. The summed E-state index contributed by atoms with van der Waals surface area (Å²) in [5, 5.41) is 6.22. The molecule has 0 bridgehead atoms. The zero-order valence-electron chi connectivity index (χ0n) is 17.8. The number of H-pyrrole nitrogens is 1. The lowest BCUT2D eigenvalue weighted by Crippen LogP contribution is -2.16. The lowest BCUT2D eigenvalue weighted by molar-refractivity contribution is 0.0475. The molecule has 10 heteroatoms. The van der Waals surface area contributed by atoms with Crippen LogP contribution in [0.15, 0.2) is 28.1 Å². The first kappa shape index (κ1) is 21.4. The van der Waals surface area contributed by atoms with Crippen molar-refractivity contribution >= 4 is 40.2 Å². The lowest BCUT2D eigenvalue weighted by Gasteiger charge is -2.07. The van der Waals surface area contributed by atoms with E-state index >= 15 is 0 Å². The van der Waals surface area contributed by atoms with Gasteiger partial charge in [0.2, 0.25) is 5.78 Å². The van der Waals surface area contributed by atoms with Gasteiger partial charge in [0.25, 0.3) is 5.71 Å². The fourth-order valence-electron chi connectivity index (χ4n) is 3.52. The maximum Gasteiger partial charge on any atom is 0.339 e. The summed E-state index contributed by atoms with van der Waals surface area (Å²) in [5.74, 6) is -1.72. The van der Waals surface area contributed by atoms with Gasteiger partial charge in [0.15, 0.2) is 6.61 Å². The van der Waals surface area contributed by atoms with Gasteiger partial charge in [0, 0.05) is 5.69 Å². The van der Waals surface area contributed by atoms with Gasteiger partial charge in [-0.25, -0.2) is 14.6 Å². The number of nitrogens with one attached hydrogen (secondary N) is 1. The number of thiophene rings is 1. The minimum Gasteiger partial charge on any atom is -0.465 e. The number of pyridine rings is 1. The number of esters is 2. The molecule has 0 aromatic carbocycles. The Labute approximate surface area is 186 Å². The van der Waals surface area contributed by atoms with Crippen LogP contribution in [0.1, 0.15) is 48.2 Å². The van der Waals surface area contributed by atoms with Gasteiger partial charge in [-0.2, -0.15) is 0 Å². The van der Waals surface area contributed by atoms with E-state index in [1.165, 1.54) is 18.4 Å². The Kier molecular flexibility index (Phi) is 5.62. The Morgan fingerprint density at radius 2 is 1.97 bits per heavy atom. The van der Waals surface area contributed by atoms with Crippen molar-refractivity contribution < 1.29 is 28.4 Å². The SMILES string of the molecule is COC(=O)c1c(C)[nH]c(C(=O)COC(=O)c2cc(-c3cccs3)nc3onc(C)c23)c1C. The predicted octanol–water partition coefficient (Wildman–Crippen LogP) is 4.03. The van der Waals surface area contributed by atoms with Crippen molar-refractivity contribution in [3.8, 4) is 10.6 Å². The number of nitrogens with zero attached hydrogens (tertiary/aromatic N) is 2. The van der Waals surface area contributed by atoms with Crippen molar-refractivity contribution in [2.24, 2.45) is 0 Å². The van der Waals surface area contributed by atoms with Gasteiger partial charge in [0.05, 0.1) is 45.6 Å². The number of Topliss-reactive ketones (excluding diaryl/α,β-unsaturated/α-hetero) is 1. The maximum absolute atomic E-state index is 12.9. The number of ether oxygens (including phenoxy) is 2. The molecule has 4 rings (SSSR count). The van der Waals surface area contributed by atoms with Crippen LogP contribution in [-0.4, -0.2) is 46.6 Å². The number of hydrogen-bond acceptors (Lipinski definition) is 9. The molecule has 0 unspecified atom stereocenters.